The fraction of sp³-hybridized carbons (Fsp3) is 0. The summed E-state index contributed by atoms with van der Waals surface area (Å²) in [5.74, 6) is 1.38. The van der Waals surface area contributed by atoms with Crippen LogP contribution in [-0.4, -0.2) is 28.7 Å². The Kier molecular flexibility index (Phi) is 6.45. The Labute approximate surface area is 304 Å². The van der Waals surface area contributed by atoms with Crippen molar-refractivity contribution in [2.24, 2.45) is 0 Å². The maximum absolute atomic E-state index is 5.48. The van der Waals surface area contributed by atoms with E-state index < -0.39 is 0 Å². The van der Waals surface area contributed by atoms with E-state index in [-0.39, 0.29) is 0 Å². The van der Waals surface area contributed by atoms with Crippen LogP contribution in [0.4, 0.5) is 0 Å². The highest BCUT2D eigenvalue weighted by Crippen LogP contribution is 2.41. The van der Waals surface area contributed by atoms with Crippen LogP contribution in [0.5, 0.6) is 0 Å². The summed E-state index contributed by atoms with van der Waals surface area (Å²) in [5.41, 5.74) is 10.8. The van der Waals surface area contributed by atoms with Gasteiger partial charge in [-0.1, -0.05) is 133 Å². The highest BCUT2D eigenvalue weighted by molar-refractivity contribution is 6.19. The zero-order chi connectivity index (χ0) is 34.9. The minimum absolute atomic E-state index is 0.627. The van der Waals surface area contributed by atoms with Crippen LogP contribution in [0.3, 0.4) is 0 Å². The third-order valence-corrected chi connectivity index (χ3v) is 10.3. The number of fused-ring (bicyclic) bond motifs is 7. The molecule has 0 bridgehead atoms. The van der Waals surface area contributed by atoms with Crippen LogP contribution in [0.25, 0.3) is 94.7 Å². The van der Waals surface area contributed by atoms with E-state index in [0.717, 1.165) is 67.0 Å². The molecule has 0 saturated heterocycles. The monoisotopic (exact) mass is 678 g/mol. The van der Waals surface area contributed by atoms with Crippen molar-refractivity contribution in [1.29, 1.82) is 0 Å². The Morgan fingerprint density at radius 3 is 1.45 bits per heavy atom. The number of hydrogen-bond acceptors (Lipinski definition) is 3. The first-order chi connectivity index (χ1) is 26.3. The number of nitrogens with zero attached hydrogens (tertiary/aromatic N) is 6. The summed E-state index contributed by atoms with van der Waals surface area (Å²) < 4.78 is 6.91. The molecule has 0 aliphatic carbocycles. The standard InChI is InChI=1S/C47H30N6/c1-5-17-31(18-6-1)43-44-46(49-45(48-43)32-19-7-2-8-20-32)50-47(52(44)34-23-11-4-12-24-34)53-40-28-16-14-26-36(40)38-29-37-35-25-13-15-27-39(35)51(41(37)30-42(38)53)33-21-9-3-10-22-33/h1-30H. The maximum Gasteiger partial charge on any atom is 0.222 e. The zero-order valence-electron chi connectivity index (χ0n) is 28.5. The predicted octanol–water partition coefficient (Wildman–Crippen LogP) is 11.3. The molecule has 0 aliphatic rings. The predicted molar refractivity (Wildman–Crippen MR) is 216 cm³/mol. The van der Waals surface area contributed by atoms with Gasteiger partial charge in [0.2, 0.25) is 5.95 Å². The number of hydrogen-bond donors (Lipinski definition) is 0. The lowest BCUT2D eigenvalue weighted by Crippen LogP contribution is -2.06. The van der Waals surface area contributed by atoms with E-state index in [1.165, 1.54) is 16.3 Å². The van der Waals surface area contributed by atoms with Gasteiger partial charge in [-0.25, -0.2) is 9.97 Å². The second kappa shape index (κ2) is 11.6. The van der Waals surface area contributed by atoms with Crippen LogP contribution in [0.1, 0.15) is 0 Å². The molecule has 11 aromatic rings. The van der Waals surface area contributed by atoms with Gasteiger partial charge in [-0.3, -0.25) is 9.13 Å². The summed E-state index contributed by atoms with van der Waals surface area (Å²) in [6.45, 7) is 0. The molecular formula is C47H30N6. The zero-order valence-corrected chi connectivity index (χ0v) is 28.5. The molecule has 0 fully saturated rings. The van der Waals surface area contributed by atoms with Gasteiger partial charge < -0.3 is 4.57 Å². The smallest absolute Gasteiger partial charge is 0.222 e. The molecule has 0 N–H and O–H groups in total. The van der Waals surface area contributed by atoms with Gasteiger partial charge in [-0.2, -0.15) is 4.98 Å². The summed E-state index contributed by atoms with van der Waals surface area (Å²) in [7, 11) is 0. The van der Waals surface area contributed by atoms with Gasteiger partial charge >= 0.3 is 0 Å². The number of para-hydroxylation sites is 4. The van der Waals surface area contributed by atoms with Gasteiger partial charge in [-0.05, 0) is 48.5 Å². The summed E-state index contributed by atoms with van der Waals surface area (Å²) in [5, 5.41) is 4.75. The molecule has 11 rings (SSSR count). The fourth-order valence-corrected chi connectivity index (χ4v) is 7.96. The average molecular weight is 679 g/mol. The highest BCUT2D eigenvalue weighted by atomic mass is 15.3. The van der Waals surface area contributed by atoms with Crippen molar-refractivity contribution in [3.8, 4) is 40.0 Å². The molecule has 6 nitrogen and oxygen atoms in total. The summed E-state index contributed by atoms with van der Waals surface area (Å²) in [4.78, 5) is 15.9. The number of aromatic nitrogens is 6. The molecule has 6 heteroatoms. The molecule has 0 aliphatic heterocycles. The van der Waals surface area contributed by atoms with Crippen molar-refractivity contribution >= 4 is 54.8 Å². The first-order valence-electron chi connectivity index (χ1n) is 17.8. The van der Waals surface area contributed by atoms with Crippen molar-refractivity contribution in [3.05, 3.63) is 182 Å². The van der Waals surface area contributed by atoms with Crippen LogP contribution >= 0.6 is 0 Å². The molecule has 53 heavy (non-hydrogen) atoms. The van der Waals surface area contributed by atoms with Gasteiger partial charge in [-0.15, -0.1) is 0 Å². The largest absolute Gasteiger partial charge is 0.309 e. The molecule has 0 atom stereocenters. The molecule has 0 spiro atoms. The minimum Gasteiger partial charge on any atom is -0.309 e. The fourth-order valence-electron chi connectivity index (χ4n) is 7.96. The maximum atomic E-state index is 5.48. The van der Waals surface area contributed by atoms with Crippen molar-refractivity contribution < 1.29 is 0 Å². The molecule has 0 saturated carbocycles. The molecule has 248 valence electrons. The molecule has 0 radical (unpaired) electrons. The Hall–Kier alpha value is -7.31. The van der Waals surface area contributed by atoms with Gasteiger partial charge in [0.15, 0.2) is 11.5 Å². The molecule has 7 aromatic carbocycles. The second-order valence-corrected chi connectivity index (χ2v) is 13.3. The third kappa shape index (κ3) is 4.49. The number of imidazole rings is 1. The first-order valence-corrected chi connectivity index (χ1v) is 17.8. The van der Waals surface area contributed by atoms with Crippen molar-refractivity contribution in [3.63, 3.8) is 0 Å². The van der Waals surface area contributed by atoms with Crippen LogP contribution < -0.4 is 0 Å². The Morgan fingerprint density at radius 1 is 0.340 bits per heavy atom. The van der Waals surface area contributed by atoms with E-state index >= 15 is 0 Å². The second-order valence-electron chi connectivity index (χ2n) is 13.3. The van der Waals surface area contributed by atoms with Crippen LogP contribution in [-0.2, 0) is 0 Å². The topological polar surface area (TPSA) is 53.5 Å². The Morgan fingerprint density at radius 2 is 0.830 bits per heavy atom. The first kappa shape index (κ1) is 29.4. The highest BCUT2D eigenvalue weighted by Gasteiger charge is 2.26. The SMILES string of the molecule is c1ccc(-c2nc(-c3ccccc3)c3c(n2)nc(-n2c4ccccc4c4cc5c6ccccc6n(-c6ccccc6)c5cc42)n3-c2ccccc2)cc1. The summed E-state index contributed by atoms with van der Waals surface area (Å²) >= 11 is 0. The molecule has 0 unspecified atom stereocenters. The molecule has 4 heterocycles. The minimum atomic E-state index is 0.627. The van der Waals surface area contributed by atoms with Crippen LogP contribution in [0.2, 0.25) is 0 Å². The lowest BCUT2D eigenvalue weighted by molar-refractivity contribution is 0.955. The van der Waals surface area contributed by atoms with Crippen molar-refractivity contribution in [1.82, 2.24) is 28.7 Å². The van der Waals surface area contributed by atoms with E-state index in [1.807, 2.05) is 30.3 Å². The molecular weight excluding hydrogens is 649 g/mol. The normalized spacial score (nSPS) is 11.8. The average Bonchev–Trinajstić information content (AvgIpc) is 3.88. The van der Waals surface area contributed by atoms with E-state index in [0.29, 0.717) is 11.5 Å². The van der Waals surface area contributed by atoms with E-state index in [1.54, 1.807) is 0 Å². The molecule has 0 amide bonds. The van der Waals surface area contributed by atoms with Crippen LogP contribution in [0, 0.1) is 0 Å². The van der Waals surface area contributed by atoms with Crippen LogP contribution in [0.15, 0.2) is 182 Å². The lowest BCUT2D eigenvalue weighted by Gasteiger charge is -2.14. The van der Waals surface area contributed by atoms with E-state index in [4.69, 9.17) is 15.0 Å². The van der Waals surface area contributed by atoms with Gasteiger partial charge in [0, 0.05) is 44.0 Å². The van der Waals surface area contributed by atoms with E-state index in [2.05, 4.69) is 165 Å². The number of rotatable bonds is 5. The third-order valence-electron chi connectivity index (χ3n) is 10.3. The van der Waals surface area contributed by atoms with Gasteiger partial charge in [0.1, 0.15) is 11.2 Å². The van der Waals surface area contributed by atoms with Crippen molar-refractivity contribution in [2.45, 2.75) is 0 Å². The quantitative estimate of drug-likeness (QED) is 0.182. The van der Waals surface area contributed by atoms with Crippen molar-refractivity contribution in [2.75, 3.05) is 0 Å². The van der Waals surface area contributed by atoms with E-state index in [9.17, 15) is 0 Å². The summed E-state index contributed by atoms with van der Waals surface area (Å²) in [6.07, 6.45) is 0. The lowest BCUT2D eigenvalue weighted by atomic mass is 10.1. The summed E-state index contributed by atoms with van der Waals surface area (Å²) in [6, 6.07) is 63.6. The Balaban J connectivity index is 1.31. The van der Waals surface area contributed by atoms with Gasteiger partial charge in [0.25, 0.3) is 0 Å². The van der Waals surface area contributed by atoms with Gasteiger partial charge in [0.05, 0.1) is 22.1 Å². The number of benzene rings is 7. The molecule has 4 aromatic heterocycles. The Bertz CT molecular complexity index is 3140.